The third kappa shape index (κ3) is 5.26. The van der Waals surface area contributed by atoms with E-state index in [1.165, 1.54) is 0 Å². The summed E-state index contributed by atoms with van der Waals surface area (Å²) in [5.41, 5.74) is 1.10. The highest BCUT2D eigenvalue weighted by atomic mass is 16.5. The van der Waals surface area contributed by atoms with Gasteiger partial charge in [0.15, 0.2) is 0 Å². The summed E-state index contributed by atoms with van der Waals surface area (Å²) in [5, 5.41) is 9.11. The molecule has 1 N–H and O–H groups in total. The van der Waals surface area contributed by atoms with Crippen molar-refractivity contribution in [2.24, 2.45) is 0 Å². The molecule has 1 aromatic rings. The van der Waals surface area contributed by atoms with E-state index in [9.17, 15) is 0 Å². The summed E-state index contributed by atoms with van der Waals surface area (Å²) in [7, 11) is 0. The van der Waals surface area contributed by atoms with Gasteiger partial charge in [0, 0.05) is 0 Å². The van der Waals surface area contributed by atoms with Gasteiger partial charge >= 0.3 is 0 Å². The maximum atomic E-state index is 9.11. The van der Waals surface area contributed by atoms with E-state index >= 15 is 0 Å². The number of ether oxygens (including phenoxy) is 2. The van der Waals surface area contributed by atoms with Crippen molar-refractivity contribution in [1.82, 2.24) is 0 Å². The Labute approximate surface area is 97.0 Å². The van der Waals surface area contributed by atoms with E-state index in [4.69, 9.17) is 14.6 Å². The fourth-order valence-electron chi connectivity index (χ4n) is 1.24. The van der Waals surface area contributed by atoms with Crippen LogP contribution < -0.4 is 0 Å². The zero-order valence-electron chi connectivity index (χ0n) is 9.93. The minimum absolute atomic E-state index is 0.0143. The maximum Gasteiger partial charge on any atom is 0.104 e. The Morgan fingerprint density at radius 1 is 1.12 bits per heavy atom. The van der Waals surface area contributed by atoms with Crippen molar-refractivity contribution in [3.05, 3.63) is 35.9 Å². The van der Waals surface area contributed by atoms with Crippen molar-refractivity contribution in [2.45, 2.75) is 32.7 Å². The summed E-state index contributed by atoms with van der Waals surface area (Å²) < 4.78 is 11.0. The molecule has 1 aromatic carbocycles. The summed E-state index contributed by atoms with van der Waals surface area (Å²) in [6.07, 6.45) is -0.0861. The molecule has 0 saturated carbocycles. The molecule has 16 heavy (non-hydrogen) atoms. The largest absolute Gasteiger partial charge is 0.394 e. The van der Waals surface area contributed by atoms with Crippen LogP contribution in [0.3, 0.4) is 0 Å². The van der Waals surface area contributed by atoms with E-state index in [2.05, 4.69) is 0 Å². The van der Waals surface area contributed by atoms with E-state index in [0.29, 0.717) is 13.2 Å². The predicted molar refractivity (Wildman–Crippen MR) is 63.2 cm³/mol. The second-order valence-electron chi connectivity index (χ2n) is 3.98. The highest BCUT2D eigenvalue weighted by Crippen LogP contribution is 2.04. The summed E-state index contributed by atoms with van der Waals surface area (Å²) in [4.78, 5) is 0. The van der Waals surface area contributed by atoms with Crippen LogP contribution in [0.5, 0.6) is 0 Å². The molecular weight excluding hydrogens is 204 g/mol. The van der Waals surface area contributed by atoms with Crippen LogP contribution in [-0.4, -0.2) is 30.5 Å². The highest BCUT2D eigenvalue weighted by molar-refractivity contribution is 5.13. The molecular formula is C13H20O3. The topological polar surface area (TPSA) is 38.7 Å². The molecule has 0 saturated heterocycles. The smallest absolute Gasteiger partial charge is 0.104 e. The Bertz CT molecular complexity index is 272. The molecule has 0 radical (unpaired) electrons. The second kappa shape index (κ2) is 7.39. The fourth-order valence-corrected chi connectivity index (χ4v) is 1.24. The van der Waals surface area contributed by atoms with E-state index in [0.717, 1.165) is 5.56 Å². The molecule has 0 fully saturated rings. The summed E-state index contributed by atoms with van der Waals surface area (Å²) >= 11 is 0. The maximum absolute atomic E-state index is 9.11. The molecule has 0 aliphatic rings. The number of hydrogen-bond donors (Lipinski definition) is 1. The SMILES string of the molecule is CC(C)OCC(CO)OCc1ccccc1. The van der Waals surface area contributed by atoms with Gasteiger partial charge in [-0.3, -0.25) is 0 Å². The summed E-state index contributed by atoms with van der Waals surface area (Å²) in [6, 6.07) is 9.90. The standard InChI is InChI=1S/C13H20O3/c1-11(2)15-10-13(8-14)16-9-12-6-4-3-5-7-12/h3-7,11,13-14H,8-10H2,1-2H3. The fraction of sp³-hybridized carbons (Fsp3) is 0.538. The van der Waals surface area contributed by atoms with Gasteiger partial charge in [-0.15, -0.1) is 0 Å². The van der Waals surface area contributed by atoms with Crippen molar-refractivity contribution < 1.29 is 14.6 Å². The van der Waals surface area contributed by atoms with Crippen LogP contribution in [0.2, 0.25) is 0 Å². The molecule has 3 heteroatoms. The molecule has 0 aliphatic heterocycles. The first-order valence-corrected chi connectivity index (χ1v) is 5.60. The van der Waals surface area contributed by atoms with Gasteiger partial charge in [0.2, 0.25) is 0 Å². The number of benzene rings is 1. The monoisotopic (exact) mass is 224 g/mol. The van der Waals surface area contributed by atoms with Crippen LogP contribution in [0.1, 0.15) is 19.4 Å². The molecule has 3 nitrogen and oxygen atoms in total. The lowest BCUT2D eigenvalue weighted by molar-refractivity contribution is -0.0631. The number of hydrogen-bond acceptors (Lipinski definition) is 3. The molecule has 0 heterocycles. The predicted octanol–water partition coefficient (Wildman–Crippen LogP) is 1.99. The Morgan fingerprint density at radius 2 is 1.81 bits per heavy atom. The van der Waals surface area contributed by atoms with Crippen molar-refractivity contribution in [3.8, 4) is 0 Å². The van der Waals surface area contributed by atoms with E-state index < -0.39 is 0 Å². The molecule has 90 valence electrons. The van der Waals surface area contributed by atoms with E-state index in [1.54, 1.807) is 0 Å². The summed E-state index contributed by atoms with van der Waals surface area (Å²) in [6.45, 7) is 4.85. The first-order valence-electron chi connectivity index (χ1n) is 5.60. The van der Waals surface area contributed by atoms with Crippen molar-refractivity contribution >= 4 is 0 Å². The van der Waals surface area contributed by atoms with E-state index in [-0.39, 0.29) is 18.8 Å². The van der Waals surface area contributed by atoms with Crippen molar-refractivity contribution in [3.63, 3.8) is 0 Å². The lowest BCUT2D eigenvalue weighted by atomic mass is 10.2. The van der Waals surface area contributed by atoms with Crippen LogP contribution >= 0.6 is 0 Å². The zero-order valence-corrected chi connectivity index (χ0v) is 9.93. The second-order valence-corrected chi connectivity index (χ2v) is 3.98. The third-order valence-corrected chi connectivity index (χ3v) is 2.15. The third-order valence-electron chi connectivity index (χ3n) is 2.15. The number of aliphatic hydroxyl groups excluding tert-OH is 1. The van der Waals surface area contributed by atoms with Crippen LogP contribution in [0.4, 0.5) is 0 Å². The van der Waals surface area contributed by atoms with Gasteiger partial charge in [0.05, 0.1) is 25.9 Å². The Hall–Kier alpha value is -0.900. The minimum Gasteiger partial charge on any atom is -0.394 e. The normalized spacial score (nSPS) is 13.0. The van der Waals surface area contributed by atoms with Gasteiger partial charge in [0.25, 0.3) is 0 Å². The lowest BCUT2D eigenvalue weighted by Crippen LogP contribution is -2.25. The van der Waals surface area contributed by atoms with Crippen LogP contribution in [0.25, 0.3) is 0 Å². The van der Waals surface area contributed by atoms with Crippen LogP contribution in [-0.2, 0) is 16.1 Å². The molecule has 0 spiro atoms. The van der Waals surface area contributed by atoms with Gasteiger partial charge in [-0.1, -0.05) is 30.3 Å². The molecule has 1 rings (SSSR count). The zero-order chi connectivity index (χ0) is 11.8. The molecule has 1 unspecified atom stereocenters. The van der Waals surface area contributed by atoms with Crippen LogP contribution in [0, 0.1) is 0 Å². The molecule has 1 atom stereocenters. The van der Waals surface area contributed by atoms with Crippen molar-refractivity contribution in [1.29, 1.82) is 0 Å². The molecule has 0 aromatic heterocycles. The van der Waals surface area contributed by atoms with Crippen LogP contribution in [0.15, 0.2) is 30.3 Å². The quantitative estimate of drug-likeness (QED) is 0.769. The lowest BCUT2D eigenvalue weighted by Gasteiger charge is -2.17. The Balaban J connectivity index is 2.28. The number of aliphatic hydroxyl groups is 1. The number of rotatable bonds is 7. The van der Waals surface area contributed by atoms with Crippen molar-refractivity contribution in [2.75, 3.05) is 13.2 Å². The average Bonchev–Trinajstić information content (AvgIpc) is 2.30. The first kappa shape index (κ1) is 13.2. The van der Waals surface area contributed by atoms with Gasteiger partial charge in [-0.25, -0.2) is 0 Å². The van der Waals surface area contributed by atoms with Gasteiger partial charge < -0.3 is 14.6 Å². The average molecular weight is 224 g/mol. The minimum atomic E-state index is -0.248. The summed E-state index contributed by atoms with van der Waals surface area (Å²) in [5.74, 6) is 0. The highest BCUT2D eigenvalue weighted by Gasteiger charge is 2.09. The molecule has 0 aliphatic carbocycles. The molecule has 0 amide bonds. The van der Waals surface area contributed by atoms with Gasteiger partial charge in [0.1, 0.15) is 6.10 Å². The Morgan fingerprint density at radius 3 is 2.38 bits per heavy atom. The van der Waals surface area contributed by atoms with Gasteiger partial charge in [-0.2, -0.15) is 0 Å². The first-order chi connectivity index (χ1) is 7.72. The van der Waals surface area contributed by atoms with E-state index in [1.807, 2.05) is 44.2 Å². The van der Waals surface area contributed by atoms with Gasteiger partial charge in [-0.05, 0) is 19.4 Å². The Kier molecular flexibility index (Phi) is 6.08. The molecule has 0 bridgehead atoms.